The summed E-state index contributed by atoms with van der Waals surface area (Å²) in [6.45, 7) is 0.240. The first-order chi connectivity index (χ1) is 10.1. The van der Waals surface area contributed by atoms with Crippen molar-refractivity contribution >= 4 is 18.0 Å². The molecule has 1 heterocycles. The Morgan fingerprint density at radius 2 is 2.14 bits per heavy atom. The number of aliphatic carboxylic acids is 1. The molecule has 2 N–H and O–H groups in total. The highest BCUT2D eigenvalue weighted by molar-refractivity contribution is 5.91. The second-order valence-electron chi connectivity index (χ2n) is 4.76. The minimum Gasteiger partial charge on any atom is -0.479 e. The van der Waals surface area contributed by atoms with Gasteiger partial charge >= 0.3 is 5.97 Å². The second kappa shape index (κ2) is 6.99. The van der Waals surface area contributed by atoms with Crippen LogP contribution in [0.4, 0.5) is 4.39 Å². The van der Waals surface area contributed by atoms with Crippen LogP contribution in [-0.4, -0.2) is 35.7 Å². The van der Waals surface area contributed by atoms with Crippen molar-refractivity contribution < 1.29 is 23.8 Å². The first-order valence-electron chi connectivity index (χ1n) is 6.65. The number of carbonyl (C=O) groups is 2. The molecule has 0 bridgehead atoms. The molecular weight excluding hydrogens is 277 g/mol. The summed E-state index contributed by atoms with van der Waals surface area (Å²) >= 11 is 0. The molecule has 0 aromatic heterocycles. The fourth-order valence-corrected chi connectivity index (χ4v) is 2.09. The molecule has 5 nitrogen and oxygen atoms in total. The van der Waals surface area contributed by atoms with Gasteiger partial charge in [-0.05, 0) is 25.0 Å². The molecule has 2 atom stereocenters. The number of ether oxygens (including phenoxy) is 1. The third-order valence-corrected chi connectivity index (χ3v) is 3.21. The van der Waals surface area contributed by atoms with Crippen LogP contribution in [0.3, 0.4) is 0 Å². The van der Waals surface area contributed by atoms with Crippen LogP contribution in [0.2, 0.25) is 0 Å². The molecule has 21 heavy (non-hydrogen) atoms. The molecule has 2 rings (SSSR count). The highest BCUT2D eigenvalue weighted by Crippen LogP contribution is 2.19. The van der Waals surface area contributed by atoms with Gasteiger partial charge < -0.3 is 15.2 Å². The summed E-state index contributed by atoms with van der Waals surface area (Å²) in [6, 6.07) is 6.13. The molecule has 1 aliphatic rings. The van der Waals surface area contributed by atoms with Gasteiger partial charge in [0, 0.05) is 18.2 Å². The van der Waals surface area contributed by atoms with Crippen LogP contribution in [-0.2, 0) is 14.3 Å². The summed E-state index contributed by atoms with van der Waals surface area (Å²) in [5.41, 5.74) is 0.329. The lowest BCUT2D eigenvalue weighted by molar-refractivity contribution is -0.149. The van der Waals surface area contributed by atoms with Crippen LogP contribution in [0.1, 0.15) is 18.4 Å². The van der Waals surface area contributed by atoms with Gasteiger partial charge in [0.2, 0.25) is 5.91 Å². The summed E-state index contributed by atoms with van der Waals surface area (Å²) in [4.78, 5) is 22.3. The highest BCUT2D eigenvalue weighted by atomic mass is 19.1. The predicted molar refractivity (Wildman–Crippen MR) is 74.0 cm³/mol. The van der Waals surface area contributed by atoms with Crippen LogP contribution < -0.4 is 5.32 Å². The third kappa shape index (κ3) is 4.39. The van der Waals surface area contributed by atoms with Crippen LogP contribution in [0.5, 0.6) is 0 Å². The summed E-state index contributed by atoms with van der Waals surface area (Å²) in [7, 11) is 0. The SMILES string of the molecule is O=C(/C=C/c1ccccc1F)NCC1CCC(C(=O)O)O1. The zero-order valence-electron chi connectivity index (χ0n) is 11.3. The number of amides is 1. The lowest BCUT2D eigenvalue weighted by atomic mass is 10.2. The van der Waals surface area contributed by atoms with Crippen molar-refractivity contribution in [3.8, 4) is 0 Å². The van der Waals surface area contributed by atoms with Gasteiger partial charge in [-0.1, -0.05) is 18.2 Å². The lowest BCUT2D eigenvalue weighted by Crippen LogP contribution is -2.32. The van der Waals surface area contributed by atoms with Crippen LogP contribution in [0.15, 0.2) is 30.3 Å². The Kier molecular flexibility index (Phi) is 5.05. The second-order valence-corrected chi connectivity index (χ2v) is 4.76. The molecule has 1 saturated heterocycles. The average molecular weight is 293 g/mol. The maximum absolute atomic E-state index is 13.3. The van der Waals surface area contributed by atoms with Crippen molar-refractivity contribution in [3.05, 3.63) is 41.7 Å². The number of rotatable bonds is 5. The van der Waals surface area contributed by atoms with Gasteiger partial charge in [0.05, 0.1) is 6.10 Å². The maximum atomic E-state index is 13.3. The van der Waals surface area contributed by atoms with E-state index in [1.54, 1.807) is 18.2 Å². The standard InChI is InChI=1S/C15H16FNO4/c16-12-4-2-1-3-10(12)5-8-14(18)17-9-11-6-7-13(21-11)15(19)20/h1-5,8,11,13H,6-7,9H2,(H,17,18)(H,19,20)/b8-5+. The van der Waals surface area contributed by atoms with E-state index in [1.807, 2.05) is 0 Å². The van der Waals surface area contributed by atoms with E-state index < -0.39 is 17.9 Å². The zero-order chi connectivity index (χ0) is 15.2. The Morgan fingerprint density at radius 3 is 2.81 bits per heavy atom. The van der Waals surface area contributed by atoms with Gasteiger partial charge in [-0.2, -0.15) is 0 Å². The number of carboxylic acid groups (broad SMARTS) is 1. The van der Waals surface area contributed by atoms with Gasteiger partial charge in [-0.3, -0.25) is 4.79 Å². The van der Waals surface area contributed by atoms with E-state index in [4.69, 9.17) is 9.84 Å². The number of halogens is 1. The first kappa shape index (κ1) is 15.2. The summed E-state index contributed by atoms with van der Waals surface area (Å²) in [5.74, 6) is -1.76. The van der Waals surface area contributed by atoms with Crippen molar-refractivity contribution in [1.29, 1.82) is 0 Å². The zero-order valence-corrected chi connectivity index (χ0v) is 11.3. The molecule has 0 spiro atoms. The van der Waals surface area contributed by atoms with Gasteiger partial charge in [0.25, 0.3) is 0 Å². The molecule has 1 aromatic carbocycles. The monoisotopic (exact) mass is 293 g/mol. The first-order valence-corrected chi connectivity index (χ1v) is 6.65. The van der Waals surface area contributed by atoms with E-state index in [1.165, 1.54) is 18.2 Å². The van der Waals surface area contributed by atoms with Crippen LogP contribution >= 0.6 is 0 Å². The van der Waals surface area contributed by atoms with E-state index >= 15 is 0 Å². The Bertz CT molecular complexity index is 558. The summed E-state index contributed by atoms with van der Waals surface area (Å²) in [5, 5.41) is 11.4. The van der Waals surface area contributed by atoms with Gasteiger partial charge in [-0.25, -0.2) is 9.18 Å². The van der Waals surface area contributed by atoms with Crippen molar-refractivity contribution in [1.82, 2.24) is 5.32 Å². The van der Waals surface area contributed by atoms with Gasteiger partial charge in [-0.15, -0.1) is 0 Å². The van der Waals surface area contributed by atoms with E-state index in [0.717, 1.165) is 0 Å². The summed E-state index contributed by atoms with van der Waals surface area (Å²) < 4.78 is 18.6. The topological polar surface area (TPSA) is 75.6 Å². The molecule has 0 saturated carbocycles. The third-order valence-electron chi connectivity index (χ3n) is 3.21. The number of nitrogens with one attached hydrogen (secondary N) is 1. The van der Waals surface area contributed by atoms with Crippen LogP contribution in [0.25, 0.3) is 6.08 Å². The largest absolute Gasteiger partial charge is 0.479 e. The van der Waals surface area contributed by atoms with Crippen molar-refractivity contribution in [2.75, 3.05) is 6.54 Å². The van der Waals surface area contributed by atoms with E-state index in [-0.39, 0.29) is 18.6 Å². The minimum absolute atomic E-state index is 0.240. The molecular formula is C15H16FNO4. The lowest BCUT2D eigenvalue weighted by Gasteiger charge is -2.11. The predicted octanol–water partition coefficient (Wildman–Crippen LogP) is 1.59. The van der Waals surface area contributed by atoms with Crippen molar-refractivity contribution in [2.45, 2.75) is 25.0 Å². The van der Waals surface area contributed by atoms with E-state index in [0.29, 0.717) is 18.4 Å². The summed E-state index contributed by atoms with van der Waals surface area (Å²) in [6.07, 6.45) is 2.58. The van der Waals surface area contributed by atoms with Gasteiger partial charge in [0.1, 0.15) is 5.82 Å². The average Bonchev–Trinajstić information content (AvgIpc) is 2.93. The Hall–Kier alpha value is -2.21. The molecule has 6 heteroatoms. The molecule has 0 radical (unpaired) electrons. The fraction of sp³-hybridized carbons (Fsp3) is 0.333. The minimum atomic E-state index is -0.983. The van der Waals surface area contributed by atoms with Crippen LogP contribution in [0, 0.1) is 5.82 Å². The number of benzene rings is 1. The molecule has 1 amide bonds. The van der Waals surface area contributed by atoms with E-state index in [9.17, 15) is 14.0 Å². The van der Waals surface area contributed by atoms with Crippen molar-refractivity contribution in [3.63, 3.8) is 0 Å². The molecule has 1 fully saturated rings. The smallest absolute Gasteiger partial charge is 0.332 e. The Balaban J connectivity index is 1.78. The maximum Gasteiger partial charge on any atom is 0.332 e. The molecule has 1 aliphatic heterocycles. The van der Waals surface area contributed by atoms with E-state index in [2.05, 4.69) is 5.32 Å². The fourth-order valence-electron chi connectivity index (χ4n) is 2.09. The molecule has 2 unspecified atom stereocenters. The highest BCUT2D eigenvalue weighted by Gasteiger charge is 2.30. The Labute approximate surface area is 121 Å². The molecule has 112 valence electrons. The number of hydrogen-bond acceptors (Lipinski definition) is 3. The molecule has 1 aromatic rings. The number of carboxylic acids is 1. The number of carbonyl (C=O) groups excluding carboxylic acids is 1. The van der Waals surface area contributed by atoms with Crippen molar-refractivity contribution in [2.24, 2.45) is 0 Å². The Morgan fingerprint density at radius 1 is 1.38 bits per heavy atom. The molecule has 0 aliphatic carbocycles. The number of hydrogen-bond donors (Lipinski definition) is 2. The normalized spacial score (nSPS) is 21.6. The quantitative estimate of drug-likeness (QED) is 0.808. The van der Waals surface area contributed by atoms with Gasteiger partial charge in [0.15, 0.2) is 6.10 Å².